The van der Waals surface area contributed by atoms with Gasteiger partial charge in [0, 0.05) is 0 Å². The molecule has 1 aromatic heterocycles. The Bertz CT molecular complexity index is 685. The highest BCUT2D eigenvalue weighted by Crippen LogP contribution is 2.27. The Morgan fingerprint density at radius 2 is 1.90 bits per heavy atom. The van der Waals surface area contributed by atoms with E-state index in [-0.39, 0.29) is 16.7 Å². The summed E-state index contributed by atoms with van der Waals surface area (Å²) in [4.78, 5) is 0. The van der Waals surface area contributed by atoms with Crippen LogP contribution < -0.4 is 4.72 Å². The van der Waals surface area contributed by atoms with E-state index < -0.39 is 16.1 Å². The topological polar surface area (TPSA) is 66.4 Å². The number of benzene rings is 1. The summed E-state index contributed by atoms with van der Waals surface area (Å²) in [6, 6.07) is 12.2. The third-order valence-corrected chi connectivity index (χ3v) is 6.85. The van der Waals surface area contributed by atoms with Crippen molar-refractivity contribution in [1.29, 1.82) is 0 Å². The van der Waals surface area contributed by atoms with Crippen molar-refractivity contribution in [2.45, 2.75) is 23.1 Å². The predicted octanol–water partition coefficient (Wildman–Crippen LogP) is 2.95. The van der Waals surface area contributed by atoms with Crippen molar-refractivity contribution in [2.24, 2.45) is 0 Å². The number of halogens is 1. The molecule has 114 valence electrons. The zero-order valence-corrected chi connectivity index (χ0v) is 14.6. The van der Waals surface area contributed by atoms with Crippen LogP contribution in [-0.4, -0.2) is 26.2 Å². The highest BCUT2D eigenvalue weighted by atomic mass is 79.9. The van der Waals surface area contributed by atoms with Crippen LogP contribution in [0.15, 0.2) is 50.5 Å². The van der Waals surface area contributed by atoms with Crippen LogP contribution in [-0.2, 0) is 10.0 Å². The van der Waals surface area contributed by atoms with Gasteiger partial charge in [-0.05, 0) is 39.5 Å². The molecule has 0 amide bonds. The summed E-state index contributed by atoms with van der Waals surface area (Å²) in [5, 5.41) is 9.54. The first kappa shape index (κ1) is 16.6. The molecule has 0 saturated carbocycles. The number of rotatable bonds is 6. The van der Waals surface area contributed by atoms with Crippen molar-refractivity contribution in [3.05, 3.63) is 51.8 Å². The van der Waals surface area contributed by atoms with Gasteiger partial charge in [0.2, 0.25) is 10.0 Å². The Labute approximate surface area is 137 Å². The van der Waals surface area contributed by atoms with Gasteiger partial charge < -0.3 is 5.11 Å². The zero-order valence-electron chi connectivity index (χ0n) is 11.4. The van der Waals surface area contributed by atoms with E-state index >= 15 is 0 Å². The molecule has 0 saturated heterocycles. The SMILES string of the molecule is C[C@@H](c1ccccc1)[C@@H](CO)NS(=O)(=O)c1ccc(Br)s1. The van der Waals surface area contributed by atoms with Gasteiger partial charge in [-0.3, -0.25) is 0 Å². The van der Waals surface area contributed by atoms with Gasteiger partial charge in [-0.2, -0.15) is 0 Å². The van der Waals surface area contributed by atoms with Gasteiger partial charge in [0.1, 0.15) is 4.21 Å². The van der Waals surface area contributed by atoms with Crippen LogP contribution in [0, 0.1) is 0 Å². The van der Waals surface area contributed by atoms with E-state index in [0.717, 1.165) is 20.7 Å². The van der Waals surface area contributed by atoms with Crippen molar-refractivity contribution in [3.63, 3.8) is 0 Å². The molecule has 0 unspecified atom stereocenters. The molecule has 1 aromatic carbocycles. The summed E-state index contributed by atoms with van der Waals surface area (Å²) in [6.07, 6.45) is 0. The summed E-state index contributed by atoms with van der Waals surface area (Å²) >= 11 is 4.39. The number of aliphatic hydroxyl groups is 1. The quantitative estimate of drug-likeness (QED) is 0.797. The smallest absolute Gasteiger partial charge is 0.250 e. The number of hydrogen-bond acceptors (Lipinski definition) is 4. The maximum absolute atomic E-state index is 12.3. The molecule has 0 aliphatic rings. The van der Waals surface area contributed by atoms with E-state index in [1.165, 1.54) is 0 Å². The monoisotopic (exact) mass is 389 g/mol. The minimum atomic E-state index is -3.63. The largest absolute Gasteiger partial charge is 0.395 e. The van der Waals surface area contributed by atoms with Gasteiger partial charge in [0.25, 0.3) is 0 Å². The fraction of sp³-hybridized carbons (Fsp3) is 0.286. The first-order valence-electron chi connectivity index (χ1n) is 6.37. The predicted molar refractivity (Wildman–Crippen MR) is 88.1 cm³/mol. The number of thiophene rings is 1. The van der Waals surface area contributed by atoms with Gasteiger partial charge in [-0.15, -0.1) is 11.3 Å². The summed E-state index contributed by atoms with van der Waals surface area (Å²) in [5.41, 5.74) is 0.978. The highest BCUT2D eigenvalue weighted by molar-refractivity contribution is 9.11. The lowest BCUT2D eigenvalue weighted by atomic mass is 9.94. The Balaban J connectivity index is 2.19. The average Bonchev–Trinajstić information content (AvgIpc) is 2.92. The molecular weight excluding hydrogens is 374 g/mol. The number of hydrogen-bond donors (Lipinski definition) is 2. The van der Waals surface area contributed by atoms with E-state index in [1.807, 2.05) is 37.3 Å². The van der Waals surface area contributed by atoms with Gasteiger partial charge in [-0.1, -0.05) is 37.3 Å². The number of sulfonamides is 1. The average molecular weight is 390 g/mol. The third-order valence-electron chi connectivity index (χ3n) is 3.25. The molecule has 0 spiro atoms. The Hall–Kier alpha value is -0.730. The standard InChI is InChI=1S/C14H16BrNO3S2/c1-10(11-5-3-2-4-6-11)12(9-17)16-21(18,19)14-8-7-13(15)20-14/h2-8,10,12,16-17H,9H2,1H3/t10-,12+/m0/s1. The van der Waals surface area contributed by atoms with Crippen LogP contribution in [0.5, 0.6) is 0 Å². The van der Waals surface area contributed by atoms with Crippen LogP contribution in [0.4, 0.5) is 0 Å². The molecule has 2 rings (SSSR count). The molecule has 21 heavy (non-hydrogen) atoms. The molecule has 4 nitrogen and oxygen atoms in total. The first-order valence-corrected chi connectivity index (χ1v) is 9.47. The van der Waals surface area contributed by atoms with Crippen LogP contribution in [0.3, 0.4) is 0 Å². The number of aliphatic hydroxyl groups excluding tert-OH is 1. The minimum Gasteiger partial charge on any atom is -0.395 e. The van der Waals surface area contributed by atoms with Crippen LogP contribution in [0.2, 0.25) is 0 Å². The fourth-order valence-electron chi connectivity index (χ4n) is 1.99. The van der Waals surface area contributed by atoms with Crippen molar-refractivity contribution >= 4 is 37.3 Å². The molecule has 2 aromatic rings. The minimum absolute atomic E-state index is 0.130. The second-order valence-corrected chi connectivity index (χ2v) is 9.07. The molecule has 0 aliphatic heterocycles. The van der Waals surface area contributed by atoms with Gasteiger partial charge in [0.05, 0.1) is 16.4 Å². The van der Waals surface area contributed by atoms with E-state index in [9.17, 15) is 13.5 Å². The van der Waals surface area contributed by atoms with Crippen LogP contribution in [0.1, 0.15) is 18.4 Å². The molecule has 7 heteroatoms. The molecule has 0 fully saturated rings. The van der Waals surface area contributed by atoms with Crippen LogP contribution in [0.25, 0.3) is 0 Å². The molecule has 1 heterocycles. The van der Waals surface area contributed by atoms with E-state index in [0.29, 0.717) is 0 Å². The normalized spacial score (nSPS) is 14.8. The Kier molecular flexibility index (Phi) is 5.56. The van der Waals surface area contributed by atoms with Gasteiger partial charge in [0.15, 0.2) is 0 Å². The third kappa shape index (κ3) is 4.14. The molecular formula is C14H16BrNO3S2. The second-order valence-electron chi connectivity index (χ2n) is 4.67. The molecule has 0 radical (unpaired) electrons. The summed E-state index contributed by atoms with van der Waals surface area (Å²) in [5.74, 6) is -0.130. The van der Waals surface area contributed by atoms with Gasteiger partial charge >= 0.3 is 0 Å². The Morgan fingerprint density at radius 3 is 2.43 bits per heavy atom. The maximum atomic E-state index is 12.3. The zero-order chi connectivity index (χ0) is 15.5. The summed E-state index contributed by atoms with van der Waals surface area (Å²) in [6.45, 7) is 1.63. The van der Waals surface area contributed by atoms with Crippen molar-refractivity contribution in [3.8, 4) is 0 Å². The van der Waals surface area contributed by atoms with E-state index in [2.05, 4.69) is 20.7 Å². The fourth-order valence-corrected chi connectivity index (χ4v) is 5.32. The highest BCUT2D eigenvalue weighted by Gasteiger charge is 2.26. The summed E-state index contributed by atoms with van der Waals surface area (Å²) < 4.78 is 28.2. The molecule has 2 atom stereocenters. The molecule has 0 aliphatic carbocycles. The Morgan fingerprint density at radius 1 is 1.24 bits per heavy atom. The van der Waals surface area contributed by atoms with Crippen LogP contribution >= 0.6 is 27.3 Å². The van der Waals surface area contributed by atoms with Crippen molar-refractivity contribution in [1.82, 2.24) is 4.72 Å². The van der Waals surface area contributed by atoms with Gasteiger partial charge in [-0.25, -0.2) is 13.1 Å². The van der Waals surface area contributed by atoms with Crippen molar-refractivity contribution in [2.75, 3.05) is 6.61 Å². The van der Waals surface area contributed by atoms with E-state index in [1.54, 1.807) is 12.1 Å². The lowest BCUT2D eigenvalue weighted by molar-refractivity contribution is 0.242. The lowest BCUT2D eigenvalue weighted by Crippen LogP contribution is -2.40. The number of nitrogens with one attached hydrogen (secondary N) is 1. The summed E-state index contributed by atoms with van der Waals surface area (Å²) in [7, 11) is -3.63. The maximum Gasteiger partial charge on any atom is 0.250 e. The second kappa shape index (κ2) is 7.02. The molecule has 0 bridgehead atoms. The first-order chi connectivity index (χ1) is 9.94. The lowest BCUT2D eigenvalue weighted by Gasteiger charge is -2.23. The molecule has 2 N–H and O–H groups in total. The van der Waals surface area contributed by atoms with E-state index in [4.69, 9.17) is 0 Å². The van der Waals surface area contributed by atoms with Crippen molar-refractivity contribution < 1.29 is 13.5 Å².